The molecular formula is C21H22N4O2. The highest BCUT2D eigenvalue weighted by molar-refractivity contribution is 5.95. The lowest BCUT2D eigenvalue weighted by atomic mass is 10.2. The number of anilines is 2. The van der Waals surface area contributed by atoms with Gasteiger partial charge in [0.1, 0.15) is 5.82 Å². The third kappa shape index (κ3) is 3.07. The normalized spacial score (nSPS) is 14.1. The number of benzene rings is 2. The van der Waals surface area contributed by atoms with Crippen LogP contribution in [0.4, 0.5) is 11.4 Å². The van der Waals surface area contributed by atoms with E-state index in [0.29, 0.717) is 29.8 Å². The summed E-state index contributed by atoms with van der Waals surface area (Å²) in [6.07, 6.45) is 0.857. The highest BCUT2D eigenvalue weighted by atomic mass is 16.2. The summed E-state index contributed by atoms with van der Waals surface area (Å²) in [4.78, 5) is 33.5. The number of para-hydroxylation sites is 3. The predicted octanol–water partition coefficient (Wildman–Crippen LogP) is 2.70. The average molecular weight is 362 g/mol. The molecule has 1 aromatic heterocycles. The molecule has 6 heteroatoms. The van der Waals surface area contributed by atoms with Gasteiger partial charge in [0.25, 0.3) is 5.56 Å². The minimum absolute atomic E-state index is 0.0379. The molecule has 0 saturated carbocycles. The molecule has 4 rings (SSSR count). The summed E-state index contributed by atoms with van der Waals surface area (Å²) in [7, 11) is 1.77. The molecule has 138 valence electrons. The van der Waals surface area contributed by atoms with Gasteiger partial charge in [-0.3, -0.25) is 14.2 Å². The molecule has 27 heavy (non-hydrogen) atoms. The molecule has 0 bridgehead atoms. The molecule has 0 aliphatic carbocycles. The van der Waals surface area contributed by atoms with Gasteiger partial charge in [-0.1, -0.05) is 24.3 Å². The van der Waals surface area contributed by atoms with Crippen molar-refractivity contribution in [2.24, 2.45) is 7.05 Å². The van der Waals surface area contributed by atoms with Crippen molar-refractivity contribution in [3.63, 3.8) is 0 Å². The highest BCUT2D eigenvalue weighted by Crippen LogP contribution is 2.33. The third-order valence-corrected chi connectivity index (χ3v) is 5.11. The lowest BCUT2D eigenvalue weighted by Crippen LogP contribution is -2.30. The van der Waals surface area contributed by atoms with E-state index in [0.717, 1.165) is 24.3 Å². The fraction of sp³-hybridized carbons (Fsp3) is 0.286. The summed E-state index contributed by atoms with van der Waals surface area (Å²) >= 11 is 0. The first-order valence-corrected chi connectivity index (χ1v) is 9.13. The van der Waals surface area contributed by atoms with Crippen LogP contribution in [0.5, 0.6) is 0 Å². The van der Waals surface area contributed by atoms with E-state index in [2.05, 4.69) is 4.90 Å². The number of hydrogen-bond acceptors (Lipinski definition) is 4. The van der Waals surface area contributed by atoms with Gasteiger partial charge in [0.2, 0.25) is 5.91 Å². The van der Waals surface area contributed by atoms with Crippen molar-refractivity contribution in [3.05, 3.63) is 64.7 Å². The monoisotopic (exact) mass is 362 g/mol. The van der Waals surface area contributed by atoms with Gasteiger partial charge in [0.15, 0.2) is 0 Å². The molecule has 1 aliphatic heterocycles. The second kappa shape index (κ2) is 6.87. The molecule has 0 spiro atoms. The quantitative estimate of drug-likeness (QED) is 0.703. The third-order valence-electron chi connectivity index (χ3n) is 5.11. The molecule has 1 amide bonds. The Bertz CT molecular complexity index is 1070. The van der Waals surface area contributed by atoms with E-state index in [1.807, 2.05) is 47.4 Å². The van der Waals surface area contributed by atoms with Crippen LogP contribution in [-0.2, 0) is 18.4 Å². The first kappa shape index (κ1) is 17.3. The lowest BCUT2D eigenvalue weighted by molar-refractivity contribution is -0.116. The van der Waals surface area contributed by atoms with Gasteiger partial charge in [0, 0.05) is 27.1 Å². The summed E-state index contributed by atoms with van der Waals surface area (Å²) in [6, 6.07) is 15.3. The van der Waals surface area contributed by atoms with Crippen LogP contribution in [0.1, 0.15) is 19.2 Å². The van der Waals surface area contributed by atoms with Gasteiger partial charge in [0.05, 0.1) is 28.8 Å². The van der Waals surface area contributed by atoms with Crippen LogP contribution >= 0.6 is 0 Å². The number of carbonyl (C=O) groups is 1. The van der Waals surface area contributed by atoms with Crippen molar-refractivity contribution >= 4 is 28.2 Å². The zero-order valence-corrected chi connectivity index (χ0v) is 15.6. The Morgan fingerprint density at radius 2 is 1.74 bits per heavy atom. The van der Waals surface area contributed by atoms with E-state index < -0.39 is 0 Å². The minimum Gasteiger partial charge on any atom is -0.362 e. The van der Waals surface area contributed by atoms with E-state index in [1.54, 1.807) is 24.6 Å². The number of aromatic nitrogens is 2. The fourth-order valence-corrected chi connectivity index (χ4v) is 3.69. The second-order valence-corrected chi connectivity index (χ2v) is 6.84. The highest BCUT2D eigenvalue weighted by Gasteiger charge is 2.23. The molecule has 0 unspecified atom stereocenters. The number of amides is 1. The SMILES string of the molecule is CC(=O)N1CCCN(Cc2nc3ccccc3c(=O)n2C)c2ccccc21. The summed E-state index contributed by atoms with van der Waals surface area (Å²) in [6.45, 7) is 3.59. The van der Waals surface area contributed by atoms with Crippen LogP contribution in [0.15, 0.2) is 53.3 Å². The molecule has 2 aromatic carbocycles. The van der Waals surface area contributed by atoms with Crippen LogP contribution < -0.4 is 15.4 Å². The Balaban J connectivity index is 1.77. The maximum absolute atomic E-state index is 12.7. The van der Waals surface area contributed by atoms with Crippen molar-refractivity contribution in [2.45, 2.75) is 19.9 Å². The zero-order chi connectivity index (χ0) is 19.0. The molecular weight excluding hydrogens is 340 g/mol. The van der Waals surface area contributed by atoms with Crippen molar-refractivity contribution in [2.75, 3.05) is 22.9 Å². The van der Waals surface area contributed by atoms with Gasteiger partial charge in [-0.05, 0) is 30.7 Å². The van der Waals surface area contributed by atoms with Crippen LogP contribution in [0.3, 0.4) is 0 Å². The van der Waals surface area contributed by atoms with E-state index in [1.165, 1.54) is 0 Å². The Morgan fingerprint density at radius 1 is 1.04 bits per heavy atom. The maximum atomic E-state index is 12.7. The van der Waals surface area contributed by atoms with E-state index in [4.69, 9.17) is 4.98 Å². The first-order valence-electron chi connectivity index (χ1n) is 9.13. The first-order chi connectivity index (χ1) is 13.1. The summed E-state index contributed by atoms with van der Waals surface area (Å²) in [5.74, 6) is 0.755. The summed E-state index contributed by atoms with van der Waals surface area (Å²) < 4.78 is 1.62. The van der Waals surface area contributed by atoms with Crippen molar-refractivity contribution in [1.82, 2.24) is 9.55 Å². The largest absolute Gasteiger partial charge is 0.362 e. The molecule has 0 radical (unpaired) electrons. The molecule has 6 nitrogen and oxygen atoms in total. The fourth-order valence-electron chi connectivity index (χ4n) is 3.69. The van der Waals surface area contributed by atoms with E-state index in [9.17, 15) is 9.59 Å². The van der Waals surface area contributed by atoms with Crippen LogP contribution in [0, 0.1) is 0 Å². The number of hydrogen-bond donors (Lipinski definition) is 0. The van der Waals surface area contributed by atoms with Crippen molar-refractivity contribution in [3.8, 4) is 0 Å². The number of nitrogens with zero attached hydrogens (tertiary/aromatic N) is 4. The molecule has 3 aromatic rings. The van der Waals surface area contributed by atoms with Crippen LogP contribution in [-0.4, -0.2) is 28.5 Å². The smallest absolute Gasteiger partial charge is 0.261 e. The minimum atomic E-state index is -0.0379. The van der Waals surface area contributed by atoms with Crippen molar-refractivity contribution in [1.29, 1.82) is 0 Å². The van der Waals surface area contributed by atoms with Gasteiger partial charge < -0.3 is 9.80 Å². The average Bonchev–Trinajstić information content (AvgIpc) is 2.86. The lowest BCUT2D eigenvalue weighted by Gasteiger charge is -2.26. The number of fused-ring (bicyclic) bond motifs is 2. The second-order valence-electron chi connectivity index (χ2n) is 6.84. The number of carbonyl (C=O) groups excluding carboxylic acids is 1. The molecule has 2 heterocycles. The Morgan fingerprint density at radius 3 is 2.52 bits per heavy atom. The summed E-state index contributed by atoms with van der Waals surface area (Å²) in [5.41, 5.74) is 2.58. The van der Waals surface area contributed by atoms with Gasteiger partial charge in [-0.25, -0.2) is 4.98 Å². The molecule has 0 saturated heterocycles. The Hall–Kier alpha value is -3.15. The van der Waals surface area contributed by atoms with Crippen LogP contribution in [0.25, 0.3) is 10.9 Å². The molecule has 0 N–H and O–H groups in total. The van der Waals surface area contributed by atoms with E-state index in [-0.39, 0.29) is 11.5 Å². The zero-order valence-electron chi connectivity index (χ0n) is 15.6. The molecule has 0 atom stereocenters. The Labute approximate surface area is 157 Å². The Kier molecular flexibility index (Phi) is 4.39. The topological polar surface area (TPSA) is 58.4 Å². The van der Waals surface area contributed by atoms with Crippen molar-refractivity contribution < 1.29 is 4.79 Å². The van der Waals surface area contributed by atoms with E-state index >= 15 is 0 Å². The predicted molar refractivity (Wildman–Crippen MR) is 107 cm³/mol. The maximum Gasteiger partial charge on any atom is 0.261 e. The van der Waals surface area contributed by atoms with Crippen LogP contribution in [0.2, 0.25) is 0 Å². The standard InChI is InChI=1S/C21H22N4O2/c1-15(26)25-13-7-12-24(18-10-5-6-11-19(18)25)14-20-22-17-9-4-3-8-16(17)21(27)23(20)2/h3-6,8-11H,7,12-14H2,1-2H3. The molecule has 1 aliphatic rings. The van der Waals surface area contributed by atoms with Gasteiger partial charge in [-0.15, -0.1) is 0 Å². The summed E-state index contributed by atoms with van der Waals surface area (Å²) in [5, 5.41) is 0.628. The molecule has 0 fully saturated rings. The van der Waals surface area contributed by atoms with Gasteiger partial charge in [-0.2, -0.15) is 0 Å². The number of rotatable bonds is 2. The van der Waals surface area contributed by atoms with Gasteiger partial charge >= 0.3 is 0 Å².